The van der Waals surface area contributed by atoms with E-state index in [1.807, 2.05) is 0 Å². The van der Waals surface area contributed by atoms with Crippen LogP contribution >= 0.6 is 0 Å². The summed E-state index contributed by atoms with van der Waals surface area (Å²) in [6.07, 6.45) is 1.17. The molecule has 9 heteroatoms. The van der Waals surface area contributed by atoms with Crippen molar-refractivity contribution in [2.24, 2.45) is 5.28 Å². The smallest absolute Gasteiger partial charge is 0.332 e. The Balaban J connectivity index is 2.40. The normalized spacial score (nSPS) is 19.7. The van der Waals surface area contributed by atoms with Crippen LogP contribution in [-0.2, 0) is 19.2 Å². The van der Waals surface area contributed by atoms with Crippen LogP contribution in [0.15, 0.2) is 5.28 Å². The van der Waals surface area contributed by atoms with Gasteiger partial charge in [-0.25, -0.2) is 4.79 Å². The van der Waals surface area contributed by atoms with E-state index in [9.17, 15) is 14.8 Å². The average Bonchev–Trinajstić information content (AvgIpc) is 2.83. The fraction of sp³-hybridized carbons (Fsp3) is 0.778. The number of ether oxygens (including phenoxy) is 1. The van der Waals surface area contributed by atoms with E-state index in [4.69, 9.17) is 5.11 Å². The van der Waals surface area contributed by atoms with Crippen LogP contribution in [-0.4, -0.2) is 46.4 Å². The highest BCUT2D eigenvalue weighted by atomic mass is 16.8. The summed E-state index contributed by atoms with van der Waals surface area (Å²) < 4.78 is 4.52. The number of nitrogens with zero attached hydrogens (tertiary/aromatic N) is 3. The molecule has 9 nitrogen and oxygen atoms in total. The number of aliphatic carboxylic acids is 1. The predicted octanol–water partition coefficient (Wildman–Crippen LogP) is 0.255. The third-order valence-electron chi connectivity index (χ3n) is 2.42. The lowest BCUT2D eigenvalue weighted by atomic mass is 10.2. The van der Waals surface area contributed by atoms with Gasteiger partial charge in [-0.2, -0.15) is 0 Å². The van der Waals surface area contributed by atoms with E-state index in [1.165, 1.54) is 0 Å². The second kappa shape index (κ2) is 6.62. The van der Waals surface area contributed by atoms with E-state index in [2.05, 4.69) is 14.9 Å². The lowest BCUT2D eigenvalue weighted by Crippen LogP contribution is -2.40. The van der Waals surface area contributed by atoms with Crippen LogP contribution in [0, 0.1) is 5.21 Å². The maximum absolute atomic E-state index is 11.4. The topological polar surface area (TPSA) is 114 Å². The van der Waals surface area contributed by atoms with Gasteiger partial charge in [0.25, 0.3) is 6.79 Å². The second-order valence-electron chi connectivity index (χ2n) is 3.61. The summed E-state index contributed by atoms with van der Waals surface area (Å²) in [6.45, 7) is 1.43. The van der Waals surface area contributed by atoms with E-state index >= 15 is 0 Å². The van der Waals surface area contributed by atoms with Gasteiger partial charge in [0.05, 0.1) is 11.5 Å². The van der Waals surface area contributed by atoms with Crippen molar-refractivity contribution in [3.8, 4) is 0 Å². The first-order valence-corrected chi connectivity index (χ1v) is 5.51. The molecule has 1 rings (SSSR count). The zero-order valence-corrected chi connectivity index (χ0v) is 9.94. The van der Waals surface area contributed by atoms with E-state index in [-0.39, 0.29) is 11.4 Å². The van der Waals surface area contributed by atoms with Crippen LogP contribution < -0.4 is 0 Å². The molecular weight excluding hydrogens is 246 g/mol. The Morgan fingerprint density at radius 1 is 1.61 bits per heavy atom. The Morgan fingerprint density at radius 3 is 2.94 bits per heavy atom. The molecule has 0 saturated carbocycles. The number of hydrogen-bond acceptors (Lipinski definition) is 6. The van der Waals surface area contributed by atoms with Crippen molar-refractivity contribution in [1.82, 2.24) is 5.01 Å². The number of carbonyl (C=O) groups is 2. The molecule has 1 aliphatic heterocycles. The molecule has 0 aromatic rings. The molecular formula is C9H15N3O6. The predicted molar refractivity (Wildman–Crippen MR) is 55.8 cm³/mol. The Bertz CT molecular complexity index is 345. The zero-order valence-electron chi connectivity index (χ0n) is 9.94. The van der Waals surface area contributed by atoms with Gasteiger partial charge in [-0.3, -0.25) is 4.79 Å². The van der Waals surface area contributed by atoms with Crippen LogP contribution in [0.1, 0.15) is 26.2 Å². The van der Waals surface area contributed by atoms with Gasteiger partial charge in [-0.1, -0.05) is 6.92 Å². The summed E-state index contributed by atoms with van der Waals surface area (Å²) in [7, 11) is 0. The first kappa shape index (κ1) is 14.0. The molecule has 0 unspecified atom stereocenters. The summed E-state index contributed by atoms with van der Waals surface area (Å²) in [4.78, 5) is 26.1. The number of carboxylic acid groups (broad SMARTS) is 1. The van der Waals surface area contributed by atoms with Crippen molar-refractivity contribution < 1.29 is 29.2 Å². The summed E-state index contributed by atoms with van der Waals surface area (Å²) >= 11 is 0. The van der Waals surface area contributed by atoms with Crippen molar-refractivity contribution in [1.29, 1.82) is 0 Å². The van der Waals surface area contributed by atoms with Gasteiger partial charge in [0.2, 0.25) is 5.28 Å². The minimum Gasteiger partial charge on any atom is -0.569 e. The minimum absolute atomic E-state index is 0.0750. The fourth-order valence-electron chi connectivity index (χ4n) is 1.52. The van der Waals surface area contributed by atoms with Gasteiger partial charge in [0.1, 0.15) is 0 Å². The molecule has 0 aromatic heterocycles. The lowest BCUT2D eigenvalue weighted by Gasteiger charge is -2.16. The molecule has 1 aliphatic rings. The molecule has 0 radical (unpaired) electrons. The van der Waals surface area contributed by atoms with Crippen LogP contribution in [0.25, 0.3) is 0 Å². The average molecular weight is 261 g/mol. The second-order valence-corrected chi connectivity index (χ2v) is 3.61. The molecule has 1 fully saturated rings. The SMILES string of the molecule is CCC(=O)OCO/N=[N+](\[O-])N1CCC[C@H]1C(=O)O. The van der Waals surface area contributed by atoms with Gasteiger partial charge >= 0.3 is 11.9 Å². The third kappa shape index (κ3) is 3.75. The molecule has 1 heterocycles. The maximum atomic E-state index is 11.4. The Kier molecular flexibility index (Phi) is 5.15. The third-order valence-corrected chi connectivity index (χ3v) is 2.42. The molecule has 18 heavy (non-hydrogen) atoms. The molecule has 102 valence electrons. The highest BCUT2D eigenvalue weighted by molar-refractivity contribution is 5.73. The summed E-state index contributed by atoms with van der Waals surface area (Å²) in [5.74, 6) is -1.56. The summed E-state index contributed by atoms with van der Waals surface area (Å²) in [6, 6.07) is -0.895. The van der Waals surface area contributed by atoms with Crippen molar-refractivity contribution in [2.75, 3.05) is 13.3 Å². The van der Waals surface area contributed by atoms with E-state index in [0.717, 1.165) is 5.01 Å². The first-order valence-electron chi connectivity index (χ1n) is 5.51. The quantitative estimate of drug-likeness (QED) is 0.182. The van der Waals surface area contributed by atoms with Crippen molar-refractivity contribution >= 4 is 11.9 Å². The maximum Gasteiger partial charge on any atom is 0.332 e. The molecule has 0 amide bonds. The van der Waals surface area contributed by atoms with Crippen LogP contribution in [0.2, 0.25) is 0 Å². The number of hydrogen-bond donors (Lipinski definition) is 1. The summed E-state index contributed by atoms with van der Waals surface area (Å²) in [5.41, 5.74) is 0. The van der Waals surface area contributed by atoms with E-state index in [1.54, 1.807) is 6.92 Å². The number of hydrazine groups is 1. The Labute approximate surface area is 103 Å². The number of carbonyl (C=O) groups excluding carboxylic acids is 1. The zero-order chi connectivity index (χ0) is 13.5. The molecule has 0 aromatic carbocycles. The van der Waals surface area contributed by atoms with E-state index < -0.39 is 24.8 Å². The Morgan fingerprint density at radius 2 is 2.33 bits per heavy atom. The van der Waals surface area contributed by atoms with Crippen molar-refractivity contribution in [2.45, 2.75) is 32.2 Å². The minimum atomic E-state index is -1.08. The van der Waals surface area contributed by atoms with Crippen LogP contribution in [0.3, 0.4) is 0 Å². The molecule has 1 N–H and O–H groups in total. The van der Waals surface area contributed by atoms with Gasteiger partial charge in [0.15, 0.2) is 6.04 Å². The van der Waals surface area contributed by atoms with E-state index in [0.29, 0.717) is 19.4 Å². The fourth-order valence-corrected chi connectivity index (χ4v) is 1.52. The summed E-state index contributed by atoms with van der Waals surface area (Å²) in [5, 5.41) is 24.4. The molecule has 1 saturated heterocycles. The largest absolute Gasteiger partial charge is 0.569 e. The molecule has 1 atom stereocenters. The number of rotatable bonds is 6. The van der Waals surface area contributed by atoms with Crippen LogP contribution in [0.4, 0.5) is 0 Å². The van der Waals surface area contributed by atoms with Gasteiger partial charge in [0, 0.05) is 6.42 Å². The monoisotopic (exact) mass is 261 g/mol. The highest BCUT2D eigenvalue weighted by Crippen LogP contribution is 2.17. The lowest BCUT2D eigenvalue weighted by molar-refractivity contribution is -0.712. The number of esters is 1. The van der Waals surface area contributed by atoms with Gasteiger partial charge in [-0.05, 0) is 12.8 Å². The van der Waals surface area contributed by atoms with Gasteiger partial charge < -0.3 is 19.9 Å². The van der Waals surface area contributed by atoms with Crippen molar-refractivity contribution in [3.05, 3.63) is 5.21 Å². The van der Waals surface area contributed by atoms with Gasteiger partial charge in [-0.15, -0.1) is 5.01 Å². The standard InChI is InChI=1S/C9H15N3O6/c1-2-8(13)17-6-18-10-12(16)11-5-3-4-7(11)9(14)15/h7H,2-6H2,1H3,(H,14,15)/b12-10-/t7-/m0/s1. The van der Waals surface area contributed by atoms with Crippen LogP contribution in [0.5, 0.6) is 0 Å². The first-order chi connectivity index (χ1) is 8.56. The Hall–Kier alpha value is -2.06. The molecule has 0 aliphatic carbocycles. The molecule has 0 spiro atoms. The highest BCUT2D eigenvalue weighted by Gasteiger charge is 2.36. The number of carboxylic acids is 1. The molecule has 0 bridgehead atoms. The van der Waals surface area contributed by atoms with Crippen molar-refractivity contribution in [3.63, 3.8) is 0 Å².